The highest BCUT2D eigenvalue weighted by Crippen LogP contribution is 2.46. The van der Waals surface area contributed by atoms with Gasteiger partial charge in [-0.2, -0.15) is 0 Å². The van der Waals surface area contributed by atoms with Gasteiger partial charge in [-0.15, -0.1) is 0 Å². The third kappa shape index (κ3) is 4.59. The summed E-state index contributed by atoms with van der Waals surface area (Å²) in [5.74, 6) is 0.963. The normalized spacial score (nSPS) is 25.2. The molecule has 28 heavy (non-hydrogen) atoms. The van der Waals surface area contributed by atoms with Crippen molar-refractivity contribution in [3.05, 3.63) is 65.7 Å². The van der Waals surface area contributed by atoms with Crippen molar-refractivity contribution < 1.29 is 9.47 Å². The van der Waals surface area contributed by atoms with Crippen LogP contribution < -0.4 is 4.74 Å². The molecule has 150 valence electrons. The highest BCUT2D eigenvalue weighted by molar-refractivity contribution is 5.27. The summed E-state index contributed by atoms with van der Waals surface area (Å²) in [7, 11) is 1.90. The van der Waals surface area contributed by atoms with E-state index >= 15 is 0 Å². The average Bonchev–Trinajstić information content (AvgIpc) is 3.11. The summed E-state index contributed by atoms with van der Waals surface area (Å²) in [6.45, 7) is 4.13. The molecule has 2 aliphatic rings. The Morgan fingerprint density at radius 1 is 0.964 bits per heavy atom. The quantitative estimate of drug-likeness (QED) is 0.669. The SMILES string of the molecule is CO[C@@H]1CCC[C@@]12CCCN(Cc1ccc(OCCc3ccccc3)cc1)C2. The summed E-state index contributed by atoms with van der Waals surface area (Å²) in [5, 5.41) is 0. The highest BCUT2D eigenvalue weighted by Gasteiger charge is 2.45. The Kier molecular flexibility index (Phi) is 6.33. The standard InChI is InChI=1S/C25H33NO2/c1-27-24-9-5-15-25(24)16-6-17-26(20-25)19-22-10-12-23(13-11-22)28-18-14-21-7-3-2-4-8-21/h2-4,7-8,10-13,24H,5-6,9,14-20H2,1H3/t24-,25+/m1/s1. The van der Waals surface area contributed by atoms with Crippen LogP contribution in [0.15, 0.2) is 54.6 Å². The minimum Gasteiger partial charge on any atom is -0.493 e. The largest absolute Gasteiger partial charge is 0.493 e. The first kappa shape index (κ1) is 19.5. The highest BCUT2D eigenvalue weighted by atomic mass is 16.5. The van der Waals surface area contributed by atoms with E-state index in [0.717, 1.165) is 25.3 Å². The zero-order chi connectivity index (χ0) is 19.2. The summed E-state index contributed by atoms with van der Waals surface area (Å²) in [6, 6.07) is 19.2. The molecule has 0 unspecified atom stereocenters. The van der Waals surface area contributed by atoms with E-state index in [0.29, 0.717) is 11.5 Å². The van der Waals surface area contributed by atoms with E-state index in [-0.39, 0.29) is 0 Å². The van der Waals surface area contributed by atoms with Crippen LogP contribution in [0.1, 0.15) is 43.2 Å². The molecule has 0 aromatic heterocycles. The third-order valence-electron chi connectivity index (χ3n) is 6.63. The molecule has 0 radical (unpaired) electrons. The number of hydrogen-bond acceptors (Lipinski definition) is 3. The molecule has 3 heteroatoms. The van der Waals surface area contributed by atoms with Crippen LogP contribution in [0.4, 0.5) is 0 Å². The second-order valence-electron chi connectivity index (χ2n) is 8.52. The molecule has 0 N–H and O–H groups in total. The van der Waals surface area contributed by atoms with Crippen molar-refractivity contribution in [2.75, 3.05) is 26.8 Å². The predicted octanol–water partition coefficient (Wildman–Crippen LogP) is 5.09. The number of rotatable bonds is 7. The lowest BCUT2D eigenvalue weighted by atomic mass is 9.76. The van der Waals surface area contributed by atoms with Gasteiger partial charge in [0.25, 0.3) is 0 Å². The van der Waals surface area contributed by atoms with Crippen molar-refractivity contribution >= 4 is 0 Å². The van der Waals surface area contributed by atoms with Crippen molar-refractivity contribution in [2.24, 2.45) is 5.41 Å². The molecule has 1 saturated carbocycles. The van der Waals surface area contributed by atoms with Crippen LogP contribution in [-0.2, 0) is 17.7 Å². The van der Waals surface area contributed by atoms with E-state index in [1.165, 1.54) is 56.3 Å². The van der Waals surface area contributed by atoms with E-state index in [4.69, 9.17) is 9.47 Å². The Labute approximate surface area is 169 Å². The van der Waals surface area contributed by atoms with Gasteiger partial charge in [0.2, 0.25) is 0 Å². The first-order chi connectivity index (χ1) is 13.8. The molecule has 2 aromatic carbocycles. The van der Waals surface area contributed by atoms with Crippen LogP contribution in [0.3, 0.4) is 0 Å². The van der Waals surface area contributed by atoms with E-state index < -0.39 is 0 Å². The minimum absolute atomic E-state index is 0.396. The number of nitrogens with zero attached hydrogens (tertiary/aromatic N) is 1. The zero-order valence-electron chi connectivity index (χ0n) is 17.1. The number of benzene rings is 2. The van der Waals surface area contributed by atoms with Crippen LogP contribution in [-0.4, -0.2) is 37.8 Å². The molecule has 0 bridgehead atoms. The smallest absolute Gasteiger partial charge is 0.119 e. The molecule has 0 amide bonds. The Hall–Kier alpha value is -1.84. The van der Waals surface area contributed by atoms with Gasteiger partial charge in [0, 0.05) is 32.0 Å². The van der Waals surface area contributed by atoms with Gasteiger partial charge in [-0.1, -0.05) is 48.9 Å². The molecule has 1 aliphatic carbocycles. The molecule has 1 heterocycles. The fraction of sp³-hybridized carbons (Fsp3) is 0.520. The van der Waals surface area contributed by atoms with E-state index in [9.17, 15) is 0 Å². The van der Waals surface area contributed by atoms with E-state index in [1.807, 2.05) is 7.11 Å². The molecule has 3 nitrogen and oxygen atoms in total. The molecular weight excluding hydrogens is 346 g/mol. The van der Waals surface area contributed by atoms with Crippen LogP contribution in [0, 0.1) is 5.41 Å². The number of methoxy groups -OCH3 is 1. The van der Waals surface area contributed by atoms with Gasteiger partial charge >= 0.3 is 0 Å². The number of likely N-dealkylation sites (tertiary alicyclic amines) is 1. The van der Waals surface area contributed by atoms with Crippen molar-refractivity contribution in [1.29, 1.82) is 0 Å². The fourth-order valence-electron chi connectivity index (χ4n) is 5.22. The lowest BCUT2D eigenvalue weighted by molar-refractivity contribution is -0.0366. The van der Waals surface area contributed by atoms with Crippen molar-refractivity contribution in [2.45, 2.75) is 51.2 Å². The van der Waals surface area contributed by atoms with E-state index in [2.05, 4.69) is 59.5 Å². The van der Waals surface area contributed by atoms with Gasteiger partial charge in [0.1, 0.15) is 5.75 Å². The second-order valence-corrected chi connectivity index (χ2v) is 8.52. The molecule has 2 atom stereocenters. The first-order valence-corrected chi connectivity index (χ1v) is 10.8. The monoisotopic (exact) mass is 379 g/mol. The lowest BCUT2D eigenvalue weighted by Gasteiger charge is -2.43. The molecule has 2 aromatic rings. The van der Waals surface area contributed by atoms with Gasteiger partial charge in [-0.3, -0.25) is 4.90 Å². The van der Waals surface area contributed by atoms with Crippen molar-refractivity contribution in [1.82, 2.24) is 4.90 Å². The van der Waals surface area contributed by atoms with Crippen molar-refractivity contribution in [3.63, 3.8) is 0 Å². The third-order valence-corrected chi connectivity index (χ3v) is 6.63. The Morgan fingerprint density at radius 2 is 1.75 bits per heavy atom. The summed E-state index contributed by atoms with van der Waals surface area (Å²) in [5.41, 5.74) is 3.09. The van der Waals surface area contributed by atoms with Crippen molar-refractivity contribution in [3.8, 4) is 5.75 Å². The molecule has 1 saturated heterocycles. The Bertz CT molecular complexity index is 730. The molecule has 2 fully saturated rings. The summed E-state index contributed by atoms with van der Waals surface area (Å²) in [6.07, 6.45) is 7.91. The first-order valence-electron chi connectivity index (χ1n) is 10.8. The van der Waals surface area contributed by atoms with Gasteiger partial charge in [0.05, 0.1) is 12.7 Å². The van der Waals surface area contributed by atoms with Crippen LogP contribution in [0.5, 0.6) is 5.75 Å². The average molecular weight is 380 g/mol. The molecule has 1 spiro atoms. The van der Waals surface area contributed by atoms with Gasteiger partial charge in [0.15, 0.2) is 0 Å². The summed E-state index contributed by atoms with van der Waals surface area (Å²) >= 11 is 0. The van der Waals surface area contributed by atoms with Gasteiger partial charge < -0.3 is 9.47 Å². The molecular formula is C25H33NO2. The topological polar surface area (TPSA) is 21.7 Å². The maximum Gasteiger partial charge on any atom is 0.119 e. The summed E-state index contributed by atoms with van der Waals surface area (Å²) in [4.78, 5) is 2.63. The summed E-state index contributed by atoms with van der Waals surface area (Å²) < 4.78 is 11.8. The fourth-order valence-corrected chi connectivity index (χ4v) is 5.22. The minimum atomic E-state index is 0.396. The van der Waals surface area contributed by atoms with E-state index in [1.54, 1.807) is 0 Å². The second kappa shape index (κ2) is 9.11. The number of piperidine rings is 1. The predicted molar refractivity (Wildman–Crippen MR) is 114 cm³/mol. The lowest BCUT2D eigenvalue weighted by Crippen LogP contribution is -2.47. The Morgan fingerprint density at radius 3 is 2.54 bits per heavy atom. The number of ether oxygens (including phenoxy) is 2. The maximum absolute atomic E-state index is 5.93. The van der Waals surface area contributed by atoms with Crippen LogP contribution in [0.25, 0.3) is 0 Å². The number of hydrogen-bond donors (Lipinski definition) is 0. The Balaban J connectivity index is 1.28. The van der Waals surface area contributed by atoms with Gasteiger partial charge in [-0.25, -0.2) is 0 Å². The van der Waals surface area contributed by atoms with Gasteiger partial charge in [-0.05, 0) is 55.5 Å². The van der Waals surface area contributed by atoms with Crippen LogP contribution in [0.2, 0.25) is 0 Å². The molecule has 4 rings (SSSR count). The molecule has 1 aliphatic heterocycles. The maximum atomic E-state index is 5.93. The van der Waals surface area contributed by atoms with Crippen LogP contribution >= 0.6 is 0 Å². The zero-order valence-corrected chi connectivity index (χ0v) is 17.1.